The molecular formula is C28H41N3O4S. The van der Waals surface area contributed by atoms with Crippen molar-refractivity contribution in [1.82, 2.24) is 10.2 Å². The van der Waals surface area contributed by atoms with Crippen LogP contribution in [0.15, 0.2) is 42.5 Å². The van der Waals surface area contributed by atoms with E-state index in [1.165, 1.54) is 10.6 Å². The van der Waals surface area contributed by atoms with Gasteiger partial charge in [0.2, 0.25) is 21.8 Å². The number of carbonyl (C=O) groups excluding carboxylic acids is 2. The van der Waals surface area contributed by atoms with Crippen molar-refractivity contribution in [2.24, 2.45) is 0 Å². The molecule has 2 aromatic carbocycles. The van der Waals surface area contributed by atoms with Crippen molar-refractivity contribution in [3.05, 3.63) is 64.7 Å². The molecule has 8 heteroatoms. The van der Waals surface area contributed by atoms with Crippen LogP contribution in [0.3, 0.4) is 0 Å². The summed E-state index contributed by atoms with van der Waals surface area (Å²) in [6.45, 7) is 12.0. The average molecular weight is 516 g/mol. The number of sulfonamides is 1. The first-order valence-electron chi connectivity index (χ1n) is 12.5. The Balaban J connectivity index is 2.25. The molecule has 2 rings (SSSR count). The number of aryl methyl sites for hydroxylation is 2. The van der Waals surface area contributed by atoms with E-state index in [1.54, 1.807) is 11.0 Å². The minimum absolute atomic E-state index is 0.0386. The van der Waals surface area contributed by atoms with Crippen LogP contribution in [0.1, 0.15) is 62.3 Å². The van der Waals surface area contributed by atoms with Crippen molar-refractivity contribution in [2.75, 3.05) is 17.1 Å². The Morgan fingerprint density at radius 1 is 1.03 bits per heavy atom. The Morgan fingerprint density at radius 2 is 1.69 bits per heavy atom. The molecule has 0 unspecified atom stereocenters. The van der Waals surface area contributed by atoms with E-state index in [0.29, 0.717) is 25.1 Å². The standard InChI is InChI=1S/C28H41N3O4S/c1-8-25(28(33)29-20(2)3)30(19-24-14-9-12-21(4)18-24)27(32)16-11-17-31(36(7,34)35)26-15-10-13-22(5)23(26)6/h9-10,12-15,18,20,25H,8,11,16-17,19H2,1-7H3,(H,29,33)/t25-/m0/s1. The highest BCUT2D eigenvalue weighted by Crippen LogP contribution is 2.25. The second-order valence-electron chi connectivity index (χ2n) is 9.76. The van der Waals surface area contributed by atoms with Crippen molar-refractivity contribution in [2.45, 2.75) is 79.4 Å². The minimum atomic E-state index is -3.53. The van der Waals surface area contributed by atoms with Crippen LogP contribution in [0.25, 0.3) is 0 Å². The molecule has 0 spiro atoms. The molecule has 36 heavy (non-hydrogen) atoms. The zero-order chi connectivity index (χ0) is 27.0. The summed E-state index contributed by atoms with van der Waals surface area (Å²) in [5, 5.41) is 2.93. The van der Waals surface area contributed by atoms with Gasteiger partial charge in [-0.2, -0.15) is 0 Å². The molecule has 0 aliphatic heterocycles. The zero-order valence-corrected chi connectivity index (χ0v) is 23.5. The van der Waals surface area contributed by atoms with Gasteiger partial charge < -0.3 is 10.2 Å². The molecule has 0 saturated carbocycles. The van der Waals surface area contributed by atoms with Gasteiger partial charge >= 0.3 is 0 Å². The van der Waals surface area contributed by atoms with E-state index >= 15 is 0 Å². The number of rotatable bonds is 12. The fraction of sp³-hybridized carbons (Fsp3) is 0.500. The van der Waals surface area contributed by atoms with E-state index in [2.05, 4.69) is 5.32 Å². The van der Waals surface area contributed by atoms with Crippen LogP contribution in [-0.4, -0.2) is 50.0 Å². The predicted octanol–water partition coefficient (Wildman–Crippen LogP) is 4.49. The summed E-state index contributed by atoms with van der Waals surface area (Å²) in [7, 11) is -3.53. The van der Waals surface area contributed by atoms with Crippen molar-refractivity contribution in [3.63, 3.8) is 0 Å². The molecule has 198 valence electrons. The van der Waals surface area contributed by atoms with E-state index in [-0.39, 0.29) is 30.8 Å². The number of nitrogens with one attached hydrogen (secondary N) is 1. The summed E-state index contributed by atoms with van der Waals surface area (Å²) in [6, 6.07) is 12.8. The third-order valence-corrected chi connectivity index (χ3v) is 7.43. The topological polar surface area (TPSA) is 86.8 Å². The first-order valence-corrected chi connectivity index (χ1v) is 14.4. The van der Waals surface area contributed by atoms with E-state index in [4.69, 9.17) is 0 Å². The van der Waals surface area contributed by atoms with Gasteiger partial charge in [0.25, 0.3) is 0 Å². The van der Waals surface area contributed by atoms with E-state index in [1.807, 2.05) is 77.9 Å². The fourth-order valence-electron chi connectivity index (χ4n) is 4.30. The average Bonchev–Trinajstić information content (AvgIpc) is 2.77. The van der Waals surface area contributed by atoms with Gasteiger partial charge in [-0.15, -0.1) is 0 Å². The maximum absolute atomic E-state index is 13.5. The van der Waals surface area contributed by atoms with E-state index < -0.39 is 16.1 Å². The highest BCUT2D eigenvalue weighted by molar-refractivity contribution is 7.92. The SMILES string of the molecule is CC[C@@H](C(=O)NC(C)C)N(Cc1cccc(C)c1)C(=O)CCCN(c1cccc(C)c1C)S(C)(=O)=O. The second-order valence-corrected chi connectivity index (χ2v) is 11.7. The Hall–Kier alpha value is -2.87. The summed E-state index contributed by atoms with van der Waals surface area (Å²) in [6.07, 6.45) is 2.14. The summed E-state index contributed by atoms with van der Waals surface area (Å²) in [5.41, 5.74) is 4.56. The lowest BCUT2D eigenvalue weighted by molar-refractivity contribution is -0.141. The van der Waals surface area contributed by atoms with Gasteiger partial charge in [0.15, 0.2) is 0 Å². The maximum atomic E-state index is 13.5. The number of hydrogen-bond donors (Lipinski definition) is 1. The van der Waals surface area contributed by atoms with Crippen LogP contribution in [0, 0.1) is 20.8 Å². The van der Waals surface area contributed by atoms with Crippen LogP contribution in [0.2, 0.25) is 0 Å². The van der Waals surface area contributed by atoms with Crippen molar-refractivity contribution in [3.8, 4) is 0 Å². The van der Waals surface area contributed by atoms with Gasteiger partial charge in [0, 0.05) is 25.6 Å². The van der Waals surface area contributed by atoms with Gasteiger partial charge in [-0.3, -0.25) is 13.9 Å². The third-order valence-electron chi connectivity index (χ3n) is 6.25. The Kier molecular flexibility index (Phi) is 10.5. The van der Waals surface area contributed by atoms with Gasteiger partial charge in [-0.1, -0.05) is 48.9 Å². The number of carbonyl (C=O) groups is 2. The molecular weight excluding hydrogens is 474 g/mol. The van der Waals surface area contributed by atoms with Crippen LogP contribution in [-0.2, 0) is 26.2 Å². The lowest BCUT2D eigenvalue weighted by Crippen LogP contribution is -2.50. The van der Waals surface area contributed by atoms with Crippen LogP contribution >= 0.6 is 0 Å². The minimum Gasteiger partial charge on any atom is -0.352 e. The molecule has 1 atom stereocenters. The van der Waals surface area contributed by atoms with Crippen LogP contribution < -0.4 is 9.62 Å². The molecule has 0 aliphatic carbocycles. The Labute approximate surface area is 216 Å². The van der Waals surface area contributed by atoms with Crippen molar-refractivity contribution in [1.29, 1.82) is 0 Å². The maximum Gasteiger partial charge on any atom is 0.243 e. The van der Waals surface area contributed by atoms with Crippen molar-refractivity contribution >= 4 is 27.5 Å². The number of hydrogen-bond acceptors (Lipinski definition) is 4. The van der Waals surface area contributed by atoms with Gasteiger partial charge in [-0.05, 0) is 70.2 Å². The molecule has 0 aliphatic rings. The molecule has 0 fully saturated rings. The number of anilines is 1. The van der Waals surface area contributed by atoms with E-state index in [0.717, 1.165) is 22.3 Å². The first-order chi connectivity index (χ1) is 16.8. The second kappa shape index (κ2) is 12.9. The van der Waals surface area contributed by atoms with E-state index in [9.17, 15) is 18.0 Å². The Bertz CT molecular complexity index is 1160. The molecule has 1 N–H and O–H groups in total. The molecule has 0 saturated heterocycles. The third kappa shape index (κ3) is 8.08. The number of benzene rings is 2. The largest absolute Gasteiger partial charge is 0.352 e. The number of nitrogens with zero attached hydrogens (tertiary/aromatic N) is 2. The fourth-order valence-corrected chi connectivity index (χ4v) is 5.31. The lowest BCUT2D eigenvalue weighted by Gasteiger charge is -2.32. The lowest BCUT2D eigenvalue weighted by atomic mass is 10.1. The summed E-state index contributed by atoms with van der Waals surface area (Å²) < 4.78 is 26.6. The van der Waals surface area contributed by atoms with Gasteiger partial charge in [0.1, 0.15) is 6.04 Å². The molecule has 2 aromatic rings. The molecule has 0 heterocycles. The highest BCUT2D eigenvalue weighted by Gasteiger charge is 2.29. The van der Waals surface area contributed by atoms with Gasteiger partial charge in [0.05, 0.1) is 11.9 Å². The van der Waals surface area contributed by atoms with Crippen LogP contribution in [0.4, 0.5) is 5.69 Å². The quantitative estimate of drug-likeness (QED) is 0.451. The summed E-state index contributed by atoms with van der Waals surface area (Å²) in [5.74, 6) is -0.349. The molecule has 0 aromatic heterocycles. The zero-order valence-electron chi connectivity index (χ0n) is 22.7. The summed E-state index contributed by atoms with van der Waals surface area (Å²) >= 11 is 0. The molecule has 0 radical (unpaired) electrons. The smallest absolute Gasteiger partial charge is 0.243 e. The highest BCUT2D eigenvalue weighted by atomic mass is 32.2. The monoisotopic (exact) mass is 515 g/mol. The van der Waals surface area contributed by atoms with Gasteiger partial charge in [-0.25, -0.2) is 8.42 Å². The summed E-state index contributed by atoms with van der Waals surface area (Å²) in [4.78, 5) is 28.1. The predicted molar refractivity (Wildman–Crippen MR) is 146 cm³/mol. The first kappa shape index (κ1) is 29.4. The molecule has 2 amide bonds. The van der Waals surface area contributed by atoms with Crippen LogP contribution in [0.5, 0.6) is 0 Å². The Morgan fingerprint density at radius 3 is 2.28 bits per heavy atom. The number of amides is 2. The normalized spacial score (nSPS) is 12.3. The van der Waals surface area contributed by atoms with Crippen molar-refractivity contribution < 1.29 is 18.0 Å². The molecule has 0 bridgehead atoms. The molecule has 7 nitrogen and oxygen atoms in total.